The Labute approximate surface area is 109 Å². The van der Waals surface area contributed by atoms with E-state index < -0.39 is 5.60 Å². The Morgan fingerprint density at radius 2 is 1.83 bits per heavy atom. The minimum Gasteiger partial charge on any atom is -0.496 e. The number of nitrogens with one attached hydrogen (secondary N) is 1. The van der Waals surface area contributed by atoms with E-state index in [1.165, 1.54) is 0 Å². The van der Waals surface area contributed by atoms with Crippen LogP contribution in [0.15, 0.2) is 12.1 Å². The first-order valence-electron chi connectivity index (χ1n) is 5.98. The van der Waals surface area contributed by atoms with E-state index in [1.807, 2.05) is 26.1 Å². The van der Waals surface area contributed by atoms with Gasteiger partial charge in [0.15, 0.2) is 0 Å². The van der Waals surface area contributed by atoms with Gasteiger partial charge in [0.05, 0.1) is 25.9 Å². The molecule has 1 rings (SSSR count). The molecule has 18 heavy (non-hydrogen) atoms. The molecule has 0 aliphatic rings. The highest BCUT2D eigenvalue weighted by atomic mass is 16.5. The van der Waals surface area contributed by atoms with Crippen molar-refractivity contribution in [1.82, 2.24) is 5.32 Å². The molecule has 0 radical (unpaired) electrons. The normalized spacial score (nSPS) is 13.3. The molecule has 2 N–H and O–H groups in total. The molecule has 1 atom stereocenters. The topological polar surface area (TPSA) is 50.7 Å². The van der Waals surface area contributed by atoms with Gasteiger partial charge in [-0.05, 0) is 40.0 Å². The number of benzene rings is 1. The molecular formula is C14H23NO3. The lowest BCUT2D eigenvalue weighted by Crippen LogP contribution is -2.37. The molecule has 0 aliphatic heterocycles. The minimum atomic E-state index is -0.886. The third kappa shape index (κ3) is 2.76. The van der Waals surface area contributed by atoms with Gasteiger partial charge in [-0.15, -0.1) is 0 Å². The number of methoxy groups -OCH3 is 2. The van der Waals surface area contributed by atoms with E-state index >= 15 is 0 Å². The summed E-state index contributed by atoms with van der Waals surface area (Å²) in [5.74, 6) is 1.53. The number of rotatable bonds is 5. The quantitative estimate of drug-likeness (QED) is 0.843. The lowest BCUT2D eigenvalue weighted by molar-refractivity contribution is 0.0391. The molecule has 0 amide bonds. The Hall–Kier alpha value is -1.26. The fourth-order valence-corrected chi connectivity index (χ4v) is 2.30. The van der Waals surface area contributed by atoms with Crippen LogP contribution >= 0.6 is 0 Å². The molecule has 0 aromatic heterocycles. The highest BCUT2D eigenvalue weighted by Gasteiger charge is 2.30. The standard InChI is InChI=1S/C14H23NO3/c1-9-11(17-5)8-7-10(12(9)18-6)13(15-4)14(2,3)16/h7-8,13,15-16H,1-6H3. The van der Waals surface area contributed by atoms with E-state index in [4.69, 9.17) is 9.47 Å². The van der Waals surface area contributed by atoms with E-state index in [0.717, 1.165) is 22.6 Å². The van der Waals surface area contributed by atoms with Crippen LogP contribution in [0.2, 0.25) is 0 Å². The average molecular weight is 253 g/mol. The van der Waals surface area contributed by atoms with E-state index in [1.54, 1.807) is 28.1 Å². The second-order valence-electron chi connectivity index (χ2n) is 4.89. The van der Waals surface area contributed by atoms with Crippen molar-refractivity contribution in [3.63, 3.8) is 0 Å². The van der Waals surface area contributed by atoms with Crippen LogP contribution in [0.5, 0.6) is 11.5 Å². The van der Waals surface area contributed by atoms with Crippen LogP contribution in [0.25, 0.3) is 0 Å². The minimum absolute atomic E-state index is 0.211. The second kappa shape index (κ2) is 5.59. The summed E-state index contributed by atoms with van der Waals surface area (Å²) < 4.78 is 10.7. The molecule has 1 aromatic carbocycles. The Bertz CT molecular complexity index is 410. The lowest BCUT2D eigenvalue weighted by Gasteiger charge is -2.31. The summed E-state index contributed by atoms with van der Waals surface area (Å²) in [6.07, 6.45) is 0. The molecule has 1 unspecified atom stereocenters. The van der Waals surface area contributed by atoms with Crippen molar-refractivity contribution in [2.45, 2.75) is 32.4 Å². The molecule has 0 spiro atoms. The van der Waals surface area contributed by atoms with Gasteiger partial charge in [-0.25, -0.2) is 0 Å². The van der Waals surface area contributed by atoms with Crippen molar-refractivity contribution in [2.24, 2.45) is 0 Å². The van der Waals surface area contributed by atoms with E-state index in [9.17, 15) is 5.11 Å². The summed E-state index contributed by atoms with van der Waals surface area (Å²) in [5, 5.41) is 13.3. The van der Waals surface area contributed by atoms with Gasteiger partial charge < -0.3 is 19.9 Å². The van der Waals surface area contributed by atoms with Gasteiger partial charge in [0.1, 0.15) is 11.5 Å². The molecule has 0 saturated carbocycles. The summed E-state index contributed by atoms with van der Waals surface area (Å²) >= 11 is 0. The first-order chi connectivity index (χ1) is 8.36. The van der Waals surface area contributed by atoms with Crippen LogP contribution in [0.1, 0.15) is 31.0 Å². The van der Waals surface area contributed by atoms with E-state index in [-0.39, 0.29) is 6.04 Å². The molecule has 0 fully saturated rings. The van der Waals surface area contributed by atoms with Crippen LogP contribution in [-0.4, -0.2) is 32.0 Å². The fraction of sp³-hybridized carbons (Fsp3) is 0.571. The molecule has 0 aliphatic carbocycles. The highest BCUT2D eigenvalue weighted by molar-refractivity contribution is 5.51. The van der Waals surface area contributed by atoms with E-state index in [0.29, 0.717) is 0 Å². The molecule has 1 aromatic rings. The number of ether oxygens (including phenoxy) is 2. The zero-order chi connectivity index (χ0) is 13.9. The average Bonchev–Trinajstić information content (AvgIpc) is 2.28. The van der Waals surface area contributed by atoms with Crippen molar-refractivity contribution < 1.29 is 14.6 Å². The Balaban J connectivity index is 3.36. The number of aliphatic hydroxyl groups is 1. The molecular weight excluding hydrogens is 230 g/mol. The van der Waals surface area contributed by atoms with Gasteiger partial charge in [-0.2, -0.15) is 0 Å². The number of hydrogen-bond donors (Lipinski definition) is 2. The maximum Gasteiger partial charge on any atom is 0.130 e. The Morgan fingerprint density at radius 1 is 1.22 bits per heavy atom. The van der Waals surface area contributed by atoms with Crippen molar-refractivity contribution in [1.29, 1.82) is 0 Å². The fourth-order valence-electron chi connectivity index (χ4n) is 2.30. The van der Waals surface area contributed by atoms with Gasteiger partial charge >= 0.3 is 0 Å². The largest absolute Gasteiger partial charge is 0.496 e. The molecule has 102 valence electrons. The number of hydrogen-bond acceptors (Lipinski definition) is 4. The Morgan fingerprint density at radius 3 is 2.22 bits per heavy atom. The third-order valence-corrected chi connectivity index (χ3v) is 3.12. The van der Waals surface area contributed by atoms with Crippen LogP contribution in [0, 0.1) is 6.92 Å². The van der Waals surface area contributed by atoms with Gasteiger partial charge in [-0.3, -0.25) is 0 Å². The van der Waals surface area contributed by atoms with E-state index in [2.05, 4.69) is 5.32 Å². The summed E-state index contributed by atoms with van der Waals surface area (Å²) in [7, 11) is 5.08. The van der Waals surface area contributed by atoms with Crippen molar-refractivity contribution >= 4 is 0 Å². The van der Waals surface area contributed by atoms with Crippen molar-refractivity contribution in [3.8, 4) is 11.5 Å². The summed E-state index contributed by atoms with van der Waals surface area (Å²) in [6.45, 7) is 5.48. The lowest BCUT2D eigenvalue weighted by atomic mass is 9.90. The smallest absolute Gasteiger partial charge is 0.130 e. The summed E-state index contributed by atoms with van der Waals surface area (Å²) in [5.41, 5.74) is 0.969. The Kier molecular flexibility index (Phi) is 4.59. The second-order valence-corrected chi connectivity index (χ2v) is 4.89. The monoisotopic (exact) mass is 253 g/mol. The SMILES string of the molecule is CNC(c1ccc(OC)c(C)c1OC)C(C)(C)O. The van der Waals surface area contributed by atoms with Gasteiger partial charge in [0.25, 0.3) is 0 Å². The van der Waals surface area contributed by atoms with Gasteiger partial charge in [0, 0.05) is 11.1 Å². The zero-order valence-corrected chi connectivity index (χ0v) is 12.0. The maximum absolute atomic E-state index is 10.2. The van der Waals surface area contributed by atoms with Crippen LogP contribution in [0.4, 0.5) is 0 Å². The van der Waals surface area contributed by atoms with Crippen LogP contribution < -0.4 is 14.8 Å². The predicted molar refractivity (Wildman–Crippen MR) is 72.4 cm³/mol. The first-order valence-corrected chi connectivity index (χ1v) is 5.98. The third-order valence-electron chi connectivity index (χ3n) is 3.12. The maximum atomic E-state index is 10.2. The van der Waals surface area contributed by atoms with Gasteiger partial charge in [0.2, 0.25) is 0 Å². The summed E-state index contributed by atoms with van der Waals surface area (Å²) in [6, 6.07) is 3.60. The number of likely N-dealkylation sites (N-methyl/N-ethyl adjacent to an activating group) is 1. The van der Waals surface area contributed by atoms with Crippen LogP contribution in [-0.2, 0) is 0 Å². The van der Waals surface area contributed by atoms with Crippen LogP contribution in [0.3, 0.4) is 0 Å². The molecule has 4 nitrogen and oxygen atoms in total. The van der Waals surface area contributed by atoms with Crippen molar-refractivity contribution in [2.75, 3.05) is 21.3 Å². The predicted octanol–water partition coefficient (Wildman–Crippen LogP) is 2.04. The first kappa shape index (κ1) is 14.8. The molecule has 0 saturated heterocycles. The van der Waals surface area contributed by atoms with Crippen molar-refractivity contribution in [3.05, 3.63) is 23.3 Å². The molecule has 0 bridgehead atoms. The molecule has 0 heterocycles. The molecule has 4 heteroatoms. The zero-order valence-electron chi connectivity index (χ0n) is 12.0. The van der Waals surface area contributed by atoms with Gasteiger partial charge in [-0.1, -0.05) is 0 Å². The highest BCUT2D eigenvalue weighted by Crippen LogP contribution is 2.38. The summed E-state index contributed by atoms with van der Waals surface area (Å²) in [4.78, 5) is 0.